The van der Waals surface area contributed by atoms with E-state index in [1.165, 1.54) is 49.0 Å². The zero-order chi connectivity index (χ0) is 83.5. The quantitative estimate of drug-likeness (QED) is 0.0179. The highest BCUT2D eigenvalue weighted by Gasteiger charge is 2.37. The van der Waals surface area contributed by atoms with Gasteiger partial charge in [0.25, 0.3) is 0 Å². The number of aliphatic hydroxyl groups is 2. The summed E-state index contributed by atoms with van der Waals surface area (Å²) in [5, 5.41) is 28.0. The van der Waals surface area contributed by atoms with Gasteiger partial charge in [0.1, 0.15) is 43.2 Å². The van der Waals surface area contributed by atoms with Gasteiger partial charge in [0.05, 0.1) is 82.3 Å². The standard InChI is InChI=1S/C17H18N2O2.C17H28O5.C14H24O7.C11H21NO2.C11H22O4.C7H14O2.C4H10O2/c1-12(20)18-16-7-3-14(4-8-16)11-15-5-9-17(10-6-15)19-13(2)21;1-6-17(4,5)16(20)22-14-8-7-12(9-13(14)18)10-21-15(19)11(2)3;1-10(2)12(16)20-6-11(15)7-21-13(17)14(3,8-18-4)9-19-5;1-10(13)8-6-4-3-5-7-9-12-11(2)14;1-5-11(2,3)10(12)15-9-8-14-7-6-13-4;1-5-7(2,3)6(8)9-4;1-5-3-4-6-2/h3-10H,11H2,1-2H3,(H,18,20)(H,19,21);12-14,18H,2,6-10H2,1,3-5H3;11,15H,1,6-9H2,2-5H3;3-9H2,1-2H3,(H,12,14);5-9H2,1-4H3;5H2,1-4H3;3-4H2,1-2H3. The highest BCUT2D eigenvalue weighted by molar-refractivity contribution is 5.89. The summed E-state index contributed by atoms with van der Waals surface area (Å²) in [6.45, 7) is 38.8. The number of esters is 6. The largest absolute Gasteiger partial charge is 0.469 e. The first-order chi connectivity index (χ1) is 50.6. The van der Waals surface area contributed by atoms with Gasteiger partial charge in [-0.3, -0.25) is 33.6 Å². The molecule has 0 radical (unpaired) electrons. The summed E-state index contributed by atoms with van der Waals surface area (Å²) in [6.07, 6.45) is 8.80. The minimum absolute atomic E-state index is 0.0431. The van der Waals surface area contributed by atoms with Crippen LogP contribution < -0.4 is 16.0 Å². The minimum atomic E-state index is -1.11. The zero-order valence-corrected chi connectivity index (χ0v) is 69.4. The minimum Gasteiger partial charge on any atom is -0.469 e. The van der Waals surface area contributed by atoms with Crippen molar-refractivity contribution in [3.63, 3.8) is 0 Å². The number of ether oxygens (including phenoxy) is 12. The summed E-state index contributed by atoms with van der Waals surface area (Å²) < 4.78 is 59.2. The van der Waals surface area contributed by atoms with Crippen molar-refractivity contribution < 1.29 is 115 Å². The number of Topliss-reactive ketones (excluding diaryl/α,β-unsaturated/α-hetero) is 1. The van der Waals surface area contributed by atoms with E-state index < -0.39 is 52.5 Å². The molecule has 5 N–H and O–H groups in total. The van der Waals surface area contributed by atoms with E-state index in [2.05, 4.69) is 43.3 Å². The second-order valence-electron chi connectivity index (χ2n) is 28.2. The van der Waals surface area contributed by atoms with Crippen LogP contribution in [0.4, 0.5) is 11.4 Å². The molecule has 3 rings (SSSR count). The summed E-state index contributed by atoms with van der Waals surface area (Å²) in [7, 11) is 9.27. The second-order valence-corrected chi connectivity index (χ2v) is 28.2. The second kappa shape index (κ2) is 62.3. The van der Waals surface area contributed by atoms with Crippen molar-refractivity contribution in [2.75, 3.05) is 133 Å². The number of hydrogen-bond acceptors (Lipinski definition) is 24. The number of benzene rings is 2. The predicted molar refractivity (Wildman–Crippen MR) is 417 cm³/mol. The lowest BCUT2D eigenvalue weighted by Crippen LogP contribution is -2.41. The first-order valence-corrected chi connectivity index (χ1v) is 36.7. The van der Waals surface area contributed by atoms with Gasteiger partial charge in [-0.05, 0) is 168 Å². The molecule has 620 valence electrons. The SMILES string of the molecule is C=C(C)C(=O)OCC(O)COC(=O)C(C)(COC)COC.C=C(C)C(=O)OCC1CCC(OC(=O)C(C)(C)CC)C(O)C1.CC(=O)CCCCCCCNC(C)=O.CC(=O)Nc1ccc(Cc2ccc(NC(C)=O)cc2)cc1.CCC(C)(C)C(=O)OC.CCC(C)(C)C(=O)OCCOCCOC.COCCOC. The van der Waals surface area contributed by atoms with Gasteiger partial charge in [-0.1, -0.05) is 77.5 Å². The molecule has 0 aliphatic heterocycles. The first kappa shape index (κ1) is 107. The van der Waals surface area contributed by atoms with Gasteiger partial charge >= 0.3 is 35.8 Å². The fourth-order valence-electron chi connectivity index (χ4n) is 8.45. The molecule has 0 aromatic heterocycles. The zero-order valence-electron chi connectivity index (χ0n) is 69.4. The van der Waals surface area contributed by atoms with Crippen LogP contribution in [0.15, 0.2) is 72.8 Å². The summed E-state index contributed by atoms with van der Waals surface area (Å²) in [6, 6.07) is 15.5. The Bertz CT molecular complexity index is 2790. The molecule has 0 spiro atoms. The number of unbranched alkanes of at least 4 members (excludes halogenated alkanes) is 4. The van der Waals surface area contributed by atoms with Crippen LogP contribution in [0.2, 0.25) is 0 Å². The topological polar surface area (TPSA) is 358 Å². The number of anilines is 2. The molecular formula is C81H137N3O24. The lowest BCUT2D eigenvalue weighted by Gasteiger charge is -2.34. The van der Waals surface area contributed by atoms with Crippen molar-refractivity contribution in [1.29, 1.82) is 0 Å². The van der Waals surface area contributed by atoms with Gasteiger partial charge < -0.3 is 87.8 Å². The average Bonchev–Trinajstić information content (AvgIpc) is 0.866. The number of amides is 3. The average molecular weight is 1540 g/mol. The van der Waals surface area contributed by atoms with E-state index in [0.717, 1.165) is 86.8 Å². The third-order valence-electron chi connectivity index (χ3n) is 16.4. The number of ketones is 1. The van der Waals surface area contributed by atoms with Crippen LogP contribution in [0, 0.1) is 27.6 Å². The number of hydrogen-bond donors (Lipinski definition) is 5. The van der Waals surface area contributed by atoms with Gasteiger partial charge in [0, 0.05) is 91.8 Å². The van der Waals surface area contributed by atoms with E-state index in [0.29, 0.717) is 70.9 Å². The third kappa shape index (κ3) is 55.8. The Balaban J connectivity index is -0.000000602. The Morgan fingerprint density at radius 1 is 0.500 bits per heavy atom. The predicted octanol–water partition coefficient (Wildman–Crippen LogP) is 11.7. The Morgan fingerprint density at radius 2 is 0.926 bits per heavy atom. The van der Waals surface area contributed by atoms with E-state index in [4.69, 9.17) is 42.6 Å². The van der Waals surface area contributed by atoms with Crippen molar-refractivity contribution >= 4 is 70.7 Å². The molecule has 27 heteroatoms. The molecule has 0 saturated heterocycles. The van der Waals surface area contributed by atoms with E-state index in [9.17, 15) is 58.2 Å². The van der Waals surface area contributed by atoms with Crippen LogP contribution in [-0.2, 0) is 111 Å². The van der Waals surface area contributed by atoms with E-state index in [1.54, 1.807) is 42.1 Å². The van der Waals surface area contributed by atoms with Crippen LogP contribution in [-0.4, -0.2) is 210 Å². The third-order valence-corrected chi connectivity index (χ3v) is 16.4. The molecule has 1 aliphatic carbocycles. The highest BCUT2D eigenvalue weighted by Crippen LogP contribution is 2.31. The van der Waals surface area contributed by atoms with Gasteiger partial charge in [-0.2, -0.15) is 0 Å². The maximum atomic E-state index is 12.1. The van der Waals surface area contributed by atoms with Crippen molar-refractivity contribution in [1.82, 2.24) is 5.32 Å². The molecule has 1 saturated carbocycles. The Hall–Kier alpha value is -7.50. The van der Waals surface area contributed by atoms with Crippen LogP contribution in [0.3, 0.4) is 0 Å². The van der Waals surface area contributed by atoms with Crippen molar-refractivity contribution in [2.24, 2.45) is 27.6 Å². The monoisotopic (exact) mass is 1540 g/mol. The fourth-order valence-corrected chi connectivity index (χ4v) is 8.45. The molecule has 108 heavy (non-hydrogen) atoms. The van der Waals surface area contributed by atoms with E-state index in [1.807, 2.05) is 111 Å². The van der Waals surface area contributed by atoms with Gasteiger partial charge in [0.15, 0.2) is 0 Å². The molecular weight excluding hydrogens is 1400 g/mol. The fraction of sp³-hybridized carbons (Fsp3) is 0.679. The molecule has 0 bridgehead atoms. The van der Waals surface area contributed by atoms with Crippen LogP contribution >= 0.6 is 0 Å². The first-order valence-electron chi connectivity index (χ1n) is 36.7. The van der Waals surface area contributed by atoms with Crippen molar-refractivity contribution in [3.05, 3.63) is 84.0 Å². The number of carbonyl (C=O) groups is 10. The van der Waals surface area contributed by atoms with Crippen LogP contribution in [0.25, 0.3) is 0 Å². The number of methoxy groups -OCH3 is 6. The maximum Gasteiger partial charge on any atom is 0.333 e. The number of aliphatic hydroxyl groups excluding tert-OH is 2. The summed E-state index contributed by atoms with van der Waals surface area (Å²) in [4.78, 5) is 112. The summed E-state index contributed by atoms with van der Waals surface area (Å²) in [5.74, 6) is -1.88. The summed E-state index contributed by atoms with van der Waals surface area (Å²) >= 11 is 0. The van der Waals surface area contributed by atoms with E-state index >= 15 is 0 Å². The molecule has 2 aromatic carbocycles. The number of nitrogens with one attached hydrogen (secondary N) is 3. The number of rotatable bonds is 41. The Kier molecular flexibility index (Phi) is 61.6. The van der Waals surface area contributed by atoms with Gasteiger partial charge in [-0.25, -0.2) is 9.59 Å². The molecule has 27 nitrogen and oxygen atoms in total. The van der Waals surface area contributed by atoms with Gasteiger partial charge in [0.2, 0.25) is 17.7 Å². The Morgan fingerprint density at radius 3 is 1.33 bits per heavy atom. The van der Waals surface area contributed by atoms with Crippen LogP contribution in [0.5, 0.6) is 0 Å². The highest BCUT2D eigenvalue weighted by atomic mass is 16.6. The molecule has 0 heterocycles. The molecule has 1 fully saturated rings. The lowest BCUT2D eigenvalue weighted by atomic mass is 9.85. The maximum absolute atomic E-state index is 12.1. The molecule has 2 aromatic rings. The Labute approximate surface area is 645 Å². The van der Waals surface area contributed by atoms with E-state index in [-0.39, 0.29) is 91.4 Å². The molecule has 3 amide bonds. The summed E-state index contributed by atoms with van der Waals surface area (Å²) in [5.41, 5.74) is 2.32. The smallest absolute Gasteiger partial charge is 0.333 e. The molecule has 4 unspecified atom stereocenters. The van der Waals surface area contributed by atoms with Crippen molar-refractivity contribution in [3.8, 4) is 0 Å². The van der Waals surface area contributed by atoms with Gasteiger partial charge in [-0.15, -0.1) is 0 Å². The van der Waals surface area contributed by atoms with Crippen molar-refractivity contribution in [2.45, 2.75) is 213 Å². The number of carbonyl (C=O) groups excluding carboxylic acids is 10. The molecule has 4 atom stereocenters. The van der Waals surface area contributed by atoms with Crippen LogP contribution in [0.1, 0.15) is 199 Å². The lowest BCUT2D eigenvalue weighted by molar-refractivity contribution is -0.170. The molecule has 1 aliphatic rings. The normalized spacial score (nSPS) is 13.9.